The number of benzene rings is 1. The molecule has 2 aromatic rings. The van der Waals surface area contributed by atoms with Crippen molar-refractivity contribution in [3.05, 3.63) is 52.8 Å². The van der Waals surface area contributed by atoms with Crippen molar-refractivity contribution >= 4 is 11.6 Å². The summed E-state index contributed by atoms with van der Waals surface area (Å²) >= 11 is 5.99. The van der Waals surface area contributed by atoms with E-state index in [0.29, 0.717) is 17.5 Å². The van der Waals surface area contributed by atoms with Crippen LogP contribution in [0.3, 0.4) is 0 Å². The number of aryl methyl sites for hydroxylation is 1. The predicted molar refractivity (Wildman–Crippen MR) is 76.0 cm³/mol. The van der Waals surface area contributed by atoms with Crippen molar-refractivity contribution in [2.45, 2.75) is 20.0 Å². The standard InChI is InChI=1S/C15H16ClNO2/c1-3-11-6-7-13(14(9-11)18-2)19-10-12-5-4-8-17-15(12)16/h4-9H,3,10H2,1-2H3. The summed E-state index contributed by atoms with van der Waals surface area (Å²) in [5.74, 6) is 1.44. The summed E-state index contributed by atoms with van der Waals surface area (Å²) < 4.78 is 11.1. The van der Waals surface area contributed by atoms with Gasteiger partial charge in [-0.05, 0) is 30.2 Å². The normalized spacial score (nSPS) is 10.3. The average molecular weight is 278 g/mol. The largest absolute Gasteiger partial charge is 0.493 e. The number of methoxy groups -OCH3 is 1. The molecule has 1 aromatic carbocycles. The fraction of sp³-hybridized carbons (Fsp3) is 0.267. The van der Waals surface area contributed by atoms with Crippen molar-refractivity contribution in [2.75, 3.05) is 7.11 Å². The SMILES string of the molecule is CCc1ccc(OCc2cccnc2Cl)c(OC)c1. The van der Waals surface area contributed by atoms with Crippen molar-refractivity contribution in [1.29, 1.82) is 0 Å². The number of hydrogen-bond acceptors (Lipinski definition) is 3. The Kier molecular flexibility index (Phi) is 4.63. The molecule has 0 saturated heterocycles. The molecule has 0 bridgehead atoms. The van der Waals surface area contributed by atoms with Gasteiger partial charge in [-0.2, -0.15) is 0 Å². The Morgan fingerprint density at radius 1 is 1.21 bits per heavy atom. The van der Waals surface area contributed by atoms with Gasteiger partial charge in [0.15, 0.2) is 11.5 Å². The van der Waals surface area contributed by atoms with Crippen LogP contribution in [0.15, 0.2) is 36.5 Å². The van der Waals surface area contributed by atoms with E-state index in [1.165, 1.54) is 5.56 Å². The van der Waals surface area contributed by atoms with E-state index < -0.39 is 0 Å². The minimum Gasteiger partial charge on any atom is -0.493 e. The highest BCUT2D eigenvalue weighted by Crippen LogP contribution is 2.29. The number of aromatic nitrogens is 1. The van der Waals surface area contributed by atoms with Crippen LogP contribution in [0.2, 0.25) is 5.15 Å². The van der Waals surface area contributed by atoms with Crippen LogP contribution in [0, 0.1) is 0 Å². The van der Waals surface area contributed by atoms with Crippen LogP contribution < -0.4 is 9.47 Å². The fourth-order valence-corrected chi connectivity index (χ4v) is 1.91. The number of nitrogens with zero attached hydrogens (tertiary/aromatic N) is 1. The number of rotatable bonds is 5. The molecule has 100 valence electrons. The van der Waals surface area contributed by atoms with Crippen LogP contribution in [-0.4, -0.2) is 12.1 Å². The zero-order valence-electron chi connectivity index (χ0n) is 11.0. The zero-order chi connectivity index (χ0) is 13.7. The maximum absolute atomic E-state index is 5.99. The molecule has 4 heteroatoms. The summed E-state index contributed by atoms with van der Waals surface area (Å²) in [6.07, 6.45) is 2.62. The zero-order valence-corrected chi connectivity index (χ0v) is 11.8. The van der Waals surface area contributed by atoms with Gasteiger partial charge in [0.2, 0.25) is 0 Å². The molecule has 19 heavy (non-hydrogen) atoms. The van der Waals surface area contributed by atoms with Gasteiger partial charge in [0, 0.05) is 11.8 Å². The maximum atomic E-state index is 5.99. The second kappa shape index (κ2) is 6.43. The van der Waals surface area contributed by atoms with E-state index >= 15 is 0 Å². The molecule has 0 amide bonds. The van der Waals surface area contributed by atoms with Gasteiger partial charge in [0.25, 0.3) is 0 Å². The smallest absolute Gasteiger partial charge is 0.161 e. The minimum absolute atomic E-state index is 0.370. The summed E-state index contributed by atoms with van der Waals surface area (Å²) in [4.78, 5) is 4.02. The molecular weight excluding hydrogens is 262 g/mol. The molecule has 0 fully saturated rings. The average Bonchev–Trinajstić information content (AvgIpc) is 2.46. The first-order chi connectivity index (χ1) is 9.24. The molecule has 0 aliphatic heterocycles. The summed E-state index contributed by atoms with van der Waals surface area (Å²) in [6, 6.07) is 9.66. The third-order valence-electron chi connectivity index (χ3n) is 2.86. The molecule has 3 nitrogen and oxygen atoms in total. The van der Waals surface area contributed by atoms with Crippen LogP contribution in [-0.2, 0) is 13.0 Å². The van der Waals surface area contributed by atoms with Crippen molar-refractivity contribution < 1.29 is 9.47 Å². The Labute approximate surface area is 118 Å². The Balaban J connectivity index is 2.13. The van der Waals surface area contributed by atoms with E-state index in [4.69, 9.17) is 21.1 Å². The third-order valence-corrected chi connectivity index (χ3v) is 3.20. The van der Waals surface area contributed by atoms with Gasteiger partial charge in [-0.25, -0.2) is 4.98 Å². The Morgan fingerprint density at radius 2 is 2.05 bits per heavy atom. The fourth-order valence-electron chi connectivity index (χ4n) is 1.73. The van der Waals surface area contributed by atoms with Gasteiger partial charge < -0.3 is 9.47 Å². The quantitative estimate of drug-likeness (QED) is 0.777. The first-order valence-electron chi connectivity index (χ1n) is 6.13. The second-order valence-electron chi connectivity index (χ2n) is 4.08. The van der Waals surface area contributed by atoms with Gasteiger partial charge >= 0.3 is 0 Å². The number of ether oxygens (including phenoxy) is 2. The van der Waals surface area contributed by atoms with Gasteiger partial charge in [0.05, 0.1) is 7.11 Å². The molecule has 1 aromatic heterocycles. The lowest BCUT2D eigenvalue weighted by atomic mass is 10.1. The van der Waals surface area contributed by atoms with Crippen LogP contribution in [0.25, 0.3) is 0 Å². The highest BCUT2D eigenvalue weighted by molar-refractivity contribution is 6.30. The Morgan fingerprint density at radius 3 is 2.74 bits per heavy atom. The van der Waals surface area contributed by atoms with Crippen LogP contribution in [0.1, 0.15) is 18.1 Å². The molecule has 0 unspecified atom stereocenters. The topological polar surface area (TPSA) is 31.4 Å². The highest BCUT2D eigenvalue weighted by atomic mass is 35.5. The summed E-state index contributed by atoms with van der Waals surface area (Å²) in [5, 5.41) is 0.464. The van der Waals surface area contributed by atoms with Gasteiger partial charge in [0.1, 0.15) is 11.8 Å². The molecule has 0 aliphatic rings. The molecule has 0 radical (unpaired) electrons. The van der Waals surface area contributed by atoms with Crippen molar-refractivity contribution in [3.63, 3.8) is 0 Å². The number of pyridine rings is 1. The van der Waals surface area contributed by atoms with Crippen molar-refractivity contribution in [2.24, 2.45) is 0 Å². The summed E-state index contributed by atoms with van der Waals surface area (Å²) in [5.41, 5.74) is 2.06. The maximum Gasteiger partial charge on any atom is 0.161 e. The minimum atomic E-state index is 0.370. The lowest BCUT2D eigenvalue weighted by molar-refractivity contribution is 0.284. The van der Waals surface area contributed by atoms with E-state index in [-0.39, 0.29) is 0 Å². The summed E-state index contributed by atoms with van der Waals surface area (Å²) in [7, 11) is 1.64. The molecule has 0 N–H and O–H groups in total. The van der Waals surface area contributed by atoms with Gasteiger partial charge in [-0.1, -0.05) is 30.7 Å². The first-order valence-corrected chi connectivity index (χ1v) is 6.51. The second-order valence-corrected chi connectivity index (χ2v) is 4.44. The van der Waals surface area contributed by atoms with Crippen molar-refractivity contribution in [3.8, 4) is 11.5 Å². The van der Waals surface area contributed by atoms with Gasteiger partial charge in [-0.15, -0.1) is 0 Å². The van der Waals surface area contributed by atoms with E-state index in [2.05, 4.69) is 11.9 Å². The van der Waals surface area contributed by atoms with E-state index in [1.54, 1.807) is 13.3 Å². The highest BCUT2D eigenvalue weighted by Gasteiger charge is 2.07. The first kappa shape index (κ1) is 13.7. The monoisotopic (exact) mass is 277 g/mol. The molecule has 0 saturated carbocycles. The molecule has 2 rings (SSSR count). The number of halogens is 1. The van der Waals surface area contributed by atoms with Crippen LogP contribution in [0.4, 0.5) is 0 Å². The van der Waals surface area contributed by atoms with Crippen LogP contribution in [0.5, 0.6) is 11.5 Å². The molecule has 1 heterocycles. The van der Waals surface area contributed by atoms with Crippen LogP contribution >= 0.6 is 11.6 Å². The molecule has 0 atom stereocenters. The third kappa shape index (κ3) is 3.38. The van der Waals surface area contributed by atoms with E-state index in [9.17, 15) is 0 Å². The lowest BCUT2D eigenvalue weighted by Crippen LogP contribution is -1.99. The number of hydrogen-bond donors (Lipinski definition) is 0. The van der Waals surface area contributed by atoms with E-state index in [0.717, 1.165) is 17.7 Å². The summed E-state index contributed by atoms with van der Waals surface area (Å²) in [6.45, 7) is 2.47. The Hall–Kier alpha value is -1.74. The molecule has 0 spiro atoms. The van der Waals surface area contributed by atoms with E-state index in [1.807, 2.05) is 30.3 Å². The molecular formula is C15H16ClNO2. The predicted octanol–water partition coefficient (Wildman–Crippen LogP) is 3.89. The van der Waals surface area contributed by atoms with Gasteiger partial charge in [-0.3, -0.25) is 0 Å². The molecule has 0 aliphatic carbocycles. The van der Waals surface area contributed by atoms with Crippen molar-refractivity contribution in [1.82, 2.24) is 4.98 Å². The Bertz CT molecular complexity index is 558. The lowest BCUT2D eigenvalue weighted by Gasteiger charge is -2.12.